The van der Waals surface area contributed by atoms with Crippen molar-refractivity contribution in [2.75, 3.05) is 13.1 Å². The first-order valence-electron chi connectivity index (χ1n) is 11.0. The van der Waals surface area contributed by atoms with E-state index in [0.29, 0.717) is 25.1 Å². The van der Waals surface area contributed by atoms with Gasteiger partial charge in [0.25, 0.3) is 5.91 Å². The van der Waals surface area contributed by atoms with Crippen molar-refractivity contribution in [2.45, 2.75) is 32.4 Å². The molecule has 0 saturated carbocycles. The Hall–Kier alpha value is -3.52. The number of carbonyl (C=O) groups is 3. The number of imide groups is 1. The average molecular weight is 480 g/mol. The molecule has 0 bridgehead atoms. The molecule has 8 heteroatoms. The minimum absolute atomic E-state index is 0.311. The van der Waals surface area contributed by atoms with Crippen LogP contribution in [0.4, 0.5) is 9.18 Å². The van der Waals surface area contributed by atoms with E-state index in [-0.39, 0.29) is 12.5 Å². The molecular formula is C26H26FN3O3S. The van der Waals surface area contributed by atoms with Crippen molar-refractivity contribution >= 4 is 29.2 Å². The number of urea groups is 1. The van der Waals surface area contributed by atoms with E-state index in [1.165, 1.54) is 24.3 Å². The van der Waals surface area contributed by atoms with Gasteiger partial charge in [-0.05, 0) is 55.7 Å². The summed E-state index contributed by atoms with van der Waals surface area (Å²) < 4.78 is 13.4. The number of hydrogen-bond donors (Lipinski definition) is 1. The summed E-state index contributed by atoms with van der Waals surface area (Å²) in [6, 6.07) is 18.6. The third-order valence-corrected chi connectivity index (χ3v) is 6.98. The van der Waals surface area contributed by atoms with Gasteiger partial charge in [0.05, 0.1) is 6.54 Å². The maximum atomic E-state index is 13.4. The van der Waals surface area contributed by atoms with Gasteiger partial charge in [0, 0.05) is 16.3 Å². The maximum Gasteiger partial charge on any atom is 0.325 e. The fourth-order valence-electron chi connectivity index (χ4n) is 4.01. The highest BCUT2D eigenvalue weighted by molar-refractivity contribution is 7.11. The zero-order chi connectivity index (χ0) is 24.3. The van der Waals surface area contributed by atoms with E-state index in [4.69, 9.17) is 0 Å². The van der Waals surface area contributed by atoms with Crippen LogP contribution in [-0.4, -0.2) is 40.7 Å². The first-order valence-corrected chi connectivity index (χ1v) is 11.8. The standard InChI is InChI=1S/C26H26FN3O3S/c1-18-8-13-22(34-18)16-29(15-14-19-6-4-3-5-7-19)23(31)17-30-24(32)26(2,28-25(30)33)20-9-11-21(27)12-10-20/h3-13H,14-17H2,1-2H3,(H,28,33). The number of nitrogens with one attached hydrogen (secondary N) is 1. The van der Waals surface area contributed by atoms with Crippen LogP contribution in [0.25, 0.3) is 0 Å². The van der Waals surface area contributed by atoms with E-state index in [2.05, 4.69) is 5.32 Å². The Morgan fingerprint density at radius 1 is 1.06 bits per heavy atom. The second-order valence-electron chi connectivity index (χ2n) is 8.52. The molecule has 4 rings (SSSR count). The summed E-state index contributed by atoms with van der Waals surface area (Å²) in [6.45, 7) is 4.07. The lowest BCUT2D eigenvalue weighted by Crippen LogP contribution is -2.44. The van der Waals surface area contributed by atoms with E-state index in [1.54, 1.807) is 23.2 Å². The molecule has 0 radical (unpaired) electrons. The van der Waals surface area contributed by atoms with Crippen molar-refractivity contribution in [1.29, 1.82) is 0 Å². The average Bonchev–Trinajstić information content (AvgIpc) is 3.33. The van der Waals surface area contributed by atoms with Crippen LogP contribution in [0.2, 0.25) is 0 Å². The molecule has 2 heterocycles. The molecule has 1 saturated heterocycles. The lowest BCUT2D eigenvalue weighted by molar-refractivity contribution is -0.139. The molecule has 1 N–H and O–H groups in total. The van der Waals surface area contributed by atoms with Gasteiger partial charge >= 0.3 is 6.03 Å². The summed E-state index contributed by atoms with van der Waals surface area (Å²) in [5.41, 5.74) is 0.198. The van der Waals surface area contributed by atoms with Crippen LogP contribution in [0.1, 0.15) is 27.8 Å². The highest BCUT2D eigenvalue weighted by Gasteiger charge is 2.49. The van der Waals surface area contributed by atoms with Gasteiger partial charge in [-0.25, -0.2) is 9.18 Å². The van der Waals surface area contributed by atoms with Crippen LogP contribution in [0.3, 0.4) is 0 Å². The summed E-state index contributed by atoms with van der Waals surface area (Å²) in [7, 11) is 0. The number of carbonyl (C=O) groups excluding carboxylic acids is 3. The maximum absolute atomic E-state index is 13.4. The summed E-state index contributed by atoms with van der Waals surface area (Å²) in [4.78, 5) is 44.0. The Bertz CT molecular complexity index is 1200. The van der Waals surface area contributed by atoms with Crippen molar-refractivity contribution in [2.24, 2.45) is 0 Å². The first kappa shape index (κ1) is 23.6. The molecule has 34 heavy (non-hydrogen) atoms. The van der Waals surface area contributed by atoms with Gasteiger partial charge in [0.2, 0.25) is 5.91 Å². The van der Waals surface area contributed by atoms with Gasteiger partial charge in [-0.3, -0.25) is 14.5 Å². The Morgan fingerprint density at radius 3 is 2.41 bits per heavy atom. The monoisotopic (exact) mass is 479 g/mol. The molecule has 4 amide bonds. The third-order valence-electron chi connectivity index (χ3n) is 6.00. The van der Waals surface area contributed by atoms with Crippen molar-refractivity contribution in [3.05, 3.63) is 93.4 Å². The van der Waals surface area contributed by atoms with Gasteiger partial charge in [-0.15, -0.1) is 11.3 Å². The molecule has 0 aliphatic carbocycles. The van der Waals surface area contributed by atoms with Crippen LogP contribution in [-0.2, 0) is 28.1 Å². The molecule has 1 fully saturated rings. The second kappa shape index (κ2) is 9.77. The van der Waals surface area contributed by atoms with E-state index in [9.17, 15) is 18.8 Å². The van der Waals surface area contributed by atoms with E-state index in [0.717, 1.165) is 20.2 Å². The molecule has 6 nitrogen and oxygen atoms in total. The zero-order valence-electron chi connectivity index (χ0n) is 19.1. The van der Waals surface area contributed by atoms with E-state index >= 15 is 0 Å². The van der Waals surface area contributed by atoms with Crippen LogP contribution in [0.15, 0.2) is 66.7 Å². The molecule has 3 aromatic rings. The predicted molar refractivity (Wildman–Crippen MR) is 129 cm³/mol. The van der Waals surface area contributed by atoms with Gasteiger partial charge < -0.3 is 10.2 Å². The number of thiophene rings is 1. The molecule has 0 spiro atoms. The Labute approximate surface area is 202 Å². The molecule has 1 unspecified atom stereocenters. The molecule has 1 aromatic heterocycles. The van der Waals surface area contributed by atoms with E-state index < -0.39 is 23.3 Å². The molecule has 2 aromatic carbocycles. The summed E-state index contributed by atoms with van der Waals surface area (Å²) in [5.74, 6) is -1.28. The lowest BCUT2D eigenvalue weighted by Gasteiger charge is -2.25. The summed E-state index contributed by atoms with van der Waals surface area (Å²) >= 11 is 1.61. The van der Waals surface area contributed by atoms with E-state index in [1.807, 2.05) is 49.4 Å². The van der Waals surface area contributed by atoms with Gasteiger partial charge in [0.1, 0.15) is 17.9 Å². The number of aryl methyl sites for hydroxylation is 1. The Balaban J connectivity index is 1.50. The smallest absolute Gasteiger partial charge is 0.325 e. The van der Waals surface area contributed by atoms with Gasteiger partial charge in [0.15, 0.2) is 0 Å². The minimum atomic E-state index is -1.36. The fourth-order valence-corrected chi connectivity index (χ4v) is 4.92. The zero-order valence-corrected chi connectivity index (χ0v) is 19.9. The van der Waals surface area contributed by atoms with Crippen molar-refractivity contribution in [1.82, 2.24) is 15.1 Å². The number of hydrogen-bond acceptors (Lipinski definition) is 4. The Morgan fingerprint density at radius 2 is 1.76 bits per heavy atom. The predicted octanol–water partition coefficient (Wildman–Crippen LogP) is 4.23. The van der Waals surface area contributed by atoms with Crippen LogP contribution < -0.4 is 5.32 Å². The molecule has 1 aliphatic rings. The number of benzene rings is 2. The molecule has 1 atom stereocenters. The fraction of sp³-hybridized carbons (Fsp3) is 0.269. The highest BCUT2D eigenvalue weighted by Crippen LogP contribution is 2.29. The summed E-state index contributed by atoms with van der Waals surface area (Å²) in [6.07, 6.45) is 0.657. The van der Waals surface area contributed by atoms with Crippen LogP contribution in [0, 0.1) is 12.7 Å². The first-order chi connectivity index (χ1) is 16.3. The highest BCUT2D eigenvalue weighted by atomic mass is 32.1. The number of halogens is 1. The molecule has 1 aliphatic heterocycles. The van der Waals surface area contributed by atoms with Crippen LogP contribution >= 0.6 is 11.3 Å². The second-order valence-corrected chi connectivity index (χ2v) is 9.89. The number of amides is 4. The van der Waals surface area contributed by atoms with Crippen molar-refractivity contribution < 1.29 is 18.8 Å². The Kier molecular flexibility index (Phi) is 6.79. The van der Waals surface area contributed by atoms with Gasteiger partial charge in [-0.1, -0.05) is 42.5 Å². The number of rotatable bonds is 8. The minimum Gasteiger partial charge on any atom is -0.336 e. The van der Waals surface area contributed by atoms with Crippen LogP contribution in [0.5, 0.6) is 0 Å². The third kappa shape index (κ3) is 5.02. The van der Waals surface area contributed by atoms with Crippen molar-refractivity contribution in [3.63, 3.8) is 0 Å². The summed E-state index contributed by atoms with van der Waals surface area (Å²) in [5, 5.41) is 2.67. The topological polar surface area (TPSA) is 69.7 Å². The normalized spacial score (nSPS) is 17.7. The molecule has 176 valence electrons. The van der Waals surface area contributed by atoms with Crippen molar-refractivity contribution in [3.8, 4) is 0 Å². The molecular weight excluding hydrogens is 453 g/mol. The lowest BCUT2D eigenvalue weighted by atomic mass is 9.92. The number of nitrogens with zero attached hydrogens (tertiary/aromatic N) is 2. The SMILES string of the molecule is Cc1ccc(CN(CCc2ccccc2)C(=O)CN2C(=O)NC(C)(c3ccc(F)cc3)C2=O)s1. The van der Waals surface area contributed by atoms with Gasteiger partial charge in [-0.2, -0.15) is 0 Å². The largest absolute Gasteiger partial charge is 0.336 e. The quantitative estimate of drug-likeness (QED) is 0.492.